The van der Waals surface area contributed by atoms with Gasteiger partial charge in [-0.15, -0.1) is 11.3 Å². The van der Waals surface area contributed by atoms with Crippen molar-refractivity contribution in [1.29, 1.82) is 0 Å². The Kier molecular flexibility index (Phi) is 6.91. The van der Waals surface area contributed by atoms with Crippen molar-refractivity contribution in [3.8, 4) is 0 Å². The number of ether oxygens (including phenoxy) is 1. The summed E-state index contributed by atoms with van der Waals surface area (Å²) in [5.41, 5.74) is 2.10. The molecule has 0 aliphatic carbocycles. The summed E-state index contributed by atoms with van der Waals surface area (Å²) in [6.45, 7) is 5.47. The van der Waals surface area contributed by atoms with Crippen LogP contribution in [0.4, 0.5) is 9.80 Å². The molecule has 6 nitrogen and oxygen atoms in total. The predicted molar refractivity (Wildman–Crippen MR) is 102 cm³/mol. The fourth-order valence-electron chi connectivity index (χ4n) is 2.40. The lowest BCUT2D eigenvalue weighted by molar-refractivity contribution is -0.116. The Labute approximate surface area is 156 Å². The highest BCUT2D eigenvalue weighted by Gasteiger charge is 2.22. The molecule has 0 aliphatic heterocycles. The molecule has 0 saturated carbocycles. The van der Waals surface area contributed by atoms with Crippen LogP contribution in [-0.4, -0.2) is 24.5 Å². The van der Waals surface area contributed by atoms with Crippen molar-refractivity contribution in [3.05, 3.63) is 51.9 Å². The molecule has 0 spiro atoms. The maximum atomic E-state index is 12.4. The van der Waals surface area contributed by atoms with E-state index in [1.54, 1.807) is 13.8 Å². The van der Waals surface area contributed by atoms with Crippen LogP contribution >= 0.6 is 11.3 Å². The van der Waals surface area contributed by atoms with Crippen LogP contribution < -0.4 is 10.6 Å². The highest BCUT2D eigenvalue weighted by atomic mass is 32.1. The Balaban J connectivity index is 2.06. The number of carbonyl (C=O) groups is 3. The van der Waals surface area contributed by atoms with Gasteiger partial charge in [-0.3, -0.25) is 14.9 Å². The quantitative estimate of drug-likeness (QED) is 0.805. The molecule has 0 atom stereocenters. The summed E-state index contributed by atoms with van der Waals surface area (Å²) >= 11 is 1.31. The predicted octanol–water partition coefficient (Wildman–Crippen LogP) is 3.82. The smallest absolute Gasteiger partial charge is 0.414 e. The largest absolute Gasteiger partial charge is 0.450 e. The van der Waals surface area contributed by atoms with Crippen molar-refractivity contribution in [2.75, 3.05) is 11.9 Å². The SMILES string of the molecule is CCOC(=O)NC(=O)c1c(NC(=O)CCc2ccccc2)sc(C)c1C. The zero-order valence-electron chi connectivity index (χ0n) is 15.0. The van der Waals surface area contributed by atoms with E-state index >= 15 is 0 Å². The van der Waals surface area contributed by atoms with Gasteiger partial charge in [0.15, 0.2) is 0 Å². The number of nitrogens with one attached hydrogen (secondary N) is 2. The number of rotatable bonds is 6. The Morgan fingerprint density at radius 3 is 2.46 bits per heavy atom. The maximum absolute atomic E-state index is 12.4. The van der Waals surface area contributed by atoms with Gasteiger partial charge in [-0.1, -0.05) is 30.3 Å². The zero-order chi connectivity index (χ0) is 19.1. The average Bonchev–Trinajstić information content (AvgIpc) is 2.88. The molecule has 26 heavy (non-hydrogen) atoms. The number of alkyl carbamates (subject to hydrolysis) is 1. The van der Waals surface area contributed by atoms with Crippen LogP contribution in [0.15, 0.2) is 30.3 Å². The lowest BCUT2D eigenvalue weighted by Crippen LogP contribution is -2.32. The van der Waals surface area contributed by atoms with Gasteiger partial charge in [0.2, 0.25) is 5.91 Å². The van der Waals surface area contributed by atoms with Crippen LogP contribution in [0.2, 0.25) is 0 Å². The fraction of sp³-hybridized carbons (Fsp3) is 0.316. The van der Waals surface area contributed by atoms with Crippen LogP contribution in [0.5, 0.6) is 0 Å². The third kappa shape index (κ3) is 5.16. The van der Waals surface area contributed by atoms with Gasteiger partial charge >= 0.3 is 6.09 Å². The van der Waals surface area contributed by atoms with Crippen LogP contribution in [0.1, 0.15) is 39.7 Å². The molecule has 7 heteroatoms. The number of carbonyl (C=O) groups excluding carboxylic acids is 3. The number of imide groups is 1. The van der Waals surface area contributed by atoms with Gasteiger partial charge < -0.3 is 10.1 Å². The fourth-order valence-corrected chi connectivity index (χ4v) is 3.48. The van der Waals surface area contributed by atoms with Crippen molar-refractivity contribution in [2.24, 2.45) is 0 Å². The summed E-state index contributed by atoms with van der Waals surface area (Å²) in [5, 5.41) is 5.42. The molecule has 2 N–H and O–H groups in total. The van der Waals surface area contributed by atoms with Gasteiger partial charge in [-0.2, -0.15) is 0 Å². The number of anilines is 1. The minimum absolute atomic E-state index is 0.170. The molecule has 1 aromatic carbocycles. The molecular formula is C19H22N2O4S. The number of thiophene rings is 1. The van der Waals surface area contributed by atoms with E-state index in [0.29, 0.717) is 23.4 Å². The Morgan fingerprint density at radius 1 is 1.12 bits per heavy atom. The molecule has 0 aliphatic rings. The zero-order valence-corrected chi connectivity index (χ0v) is 15.9. The second-order valence-corrected chi connectivity index (χ2v) is 6.92. The van der Waals surface area contributed by atoms with Gasteiger partial charge in [-0.05, 0) is 38.3 Å². The van der Waals surface area contributed by atoms with Crippen LogP contribution in [-0.2, 0) is 16.0 Å². The maximum Gasteiger partial charge on any atom is 0.414 e. The van der Waals surface area contributed by atoms with E-state index in [-0.39, 0.29) is 12.5 Å². The highest BCUT2D eigenvalue weighted by Crippen LogP contribution is 2.32. The van der Waals surface area contributed by atoms with Crippen LogP contribution in [0.25, 0.3) is 0 Å². The first-order valence-electron chi connectivity index (χ1n) is 8.34. The van der Waals surface area contributed by atoms with Crippen molar-refractivity contribution in [2.45, 2.75) is 33.6 Å². The Hall–Kier alpha value is -2.67. The van der Waals surface area contributed by atoms with Gasteiger partial charge in [0.25, 0.3) is 5.91 Å². The van der Waals surface area contributed by atoms with E-state index in [1.165, 1.54) is 11.3 Å². The Morgan fingerprint density at radius 2 is 1.81 bits per heavy atom. The minimum Gasteiger partial charge on any atom is -0.450 e. The van der Waals surface area contributed by atoms with Gasteiger partial charge in [0, 0.05) is 11.3 Å². The summed E-state index contributed by atoms with van der Waals surface area (Å²) in [5.74, 6) is -0.760. The van der Waals surface area contributed by atoms with Crippen LogP contribution in [0.3, 0.4) is 0 Å². The van der Waals surface area contributed by atoms with E-state index in [9.17, 15) is 14.4 Å². The third-order valence-corrected chi connectivity index (χ3v) is 4.96. The van der Waals surface area contributed by atoms with Crippen molar-refractivity contribution in [1.82, 2.24) is 5.32 Å². The molecule has 0 saturated heterocycles. The van der Waals surface area contributed by atoms with E-state index in [2.05, 4.69) is 10.6 Å². The topological polar surface area (TPSA) is 84.5 Å². The number of amides is 3. The molecule has 1 heterocycles. The number of hydrogen-bond donors (Lipinski definition) is 2. The molecule has 138 valence electrons. The molecule has 1 aromatic heterocycles. The lowest BCUT2D eigenvalue weighted by atomic mass is 10.1. The van der Waals surface area contributed by atoms with E-state index in [4.69, 9.17) is 4.74 Å². The first-order valence-corrected chi connectivity index (χ1v) is 9.15. The van der Waals surface area contributed by atoms with Gasteiger partial charge in [-0.25, -0.2) is 4.79 Å². The van der Waals surface area contributed by atoms with Crippen molar-refractivity contribution < 1.29 is 19.1 Å². The number of benzene rings is 1. The van der Waals surface area contributed by atoms with Crippen molar-refractivity contribution >= 4 is 34.2 Å². The van der Waals surface area contributed by atoms with E-state index in [1.807, 2.05) is 37.3 Å². The summed E-state index contributed by atoms with van der Waals surface area (Å²) < 4.78 is 4.73. The minimum atomic E-state index is -0.804. The molecule has 0 fully saturated rings. The first kappa shape index (κ1) is 19.7. The number of aryl methyl sites for hydroxylation is 2. The average molecular weight is 374 g/mol. The van der Waals surface area contributed by atoms with E-state index < -0.39 is 12.0 Å². The normalized spacial score (nSPS) is 10.3. The molecule has 2 rings (SSSR count). The van der Waals surface area contributed by atoms with Gasteiger partial charge in [0.1, 0.15) is 5.00 Å². The molecular weight excluding hydrogens is 352 g/mol. The number of hydrogen-bond acceptors (Lipinski definition) is 5. The lowest BCUT2D eigenvalue weighted by Gasteiger charge is -2.08. The summed E-state index contributed by atoms with van der Waals surface area (Å²) in [7, 11) is 0. The van der Waals surface area contributed by atoms with Crippen molar-refractivity contribution in [3.63, 3.8) is 0 Å². The van der Waals surface area contributed by atoms with Crippen LogP contribution in [0, 0.1) is 13.8 Å². The van der Waals surface area contributed by atoms with E-state index in [0.717, 1.165) is 16.0 Å². The monoisotopic (exact) mass is 374 g/mol. The third-order valence-electron chi connectivity index (χ3n) is 3.84. The summed E-state index contributed by atoms with van der Waals surface area (Å²) in [4.78, 5) is 37.1. The highest BCUT2D eigenvalue weighted by molar-refractivity contribution is 7.16. The molecule has 0 bridgehead atoms. The first-order chi connectivity index (χ1) is 12.4. The van der Waals surface area contributed by atoms with Gasteiger partial charge in [0.05, 0.1) is 12.2 Å². The molecule has 2 aromatic rings. The molecule has 0 unspecified atom stereocenters. The molecule has 3 amide bonds. The molecule has 0 radical (unpaired) electrons. The summed E-state index contributed by atoms with van der Waals surface area (Å²) in [6.07, 6.45) is 0.112. The summed E-state index contributed by atoms with van der Waals surface area (Å²) in [6, 6.07) is 9.71. The second kappa shape index (κ2) is 9.15. The standard InChI is InChI=1S/C19H22N2O4S/c1-4-25-19(24)21-17(23)16-12(2)13(3)26-18(16)20-15(22)11-10-14-8-6-5-7-9-14/h5-9H,4,10-11H2,1-3H3,(H,20,22)(H,21,23,24). The second-order valence-electron chi connectivity index (χ2n) is 5.70. The Bertz CT molecular complexity index is 799.